The van der Waals surface area contributed by atoms with Crippen LogP contribution in [0.2, 0.25) is 0 Å². The van der Waals surface area contributed by atoms with Gasteiger partial charge >= 0.3 is 12.1 Å². The van der Waals surface area contributed by atoms with Crippen molar-refractivity contribution in [2.24, 2.45) is 5.92 Å². The summed E-state index contributed by atoms with van der Waals surface area (Å²) < 4.78 is 17.0. The molecule has 2 heterocycles. The van der Waals surface area contributed by atoms with E-state index in [2.05, 4.69) is 16.0 Å². The molecule has 0 aromatic heterocycles. The number of ether oxygens (including phenoxy) is 3. The third-order valence-corrected chi connectivity index (χ3v) is 6.77. The molecule has 5 amide bonds. The number of benzene rings is 2. The fourth-order valence-electron chi connectivity index (χ4n) is 4.50. The van der Waals surface area contributed by atoms with Crippen molar-refractivity contribution in [3.05, 3.63) is 42.0 Å². The van der Waals surface area contributed by atoms with Crippen LogP contribution in [0.3, 0.4) is 0 Å². The van der Waals surface area contributed by atoms with Gasteiger partial charge in [-0.05, 0) is 51.1 Å². The summed E-state index contributed by atoms with van der Waals surface area (Å²) in [6, 6.07) is 8.68. The minimum atomic E-state index is -0.511. The molecule has 4 N–H and O–H groups in total. The van der Waals surface area contributed by atoms with Gasteiger partial charge in [0.25, 0.3) is 5.91 Å². The van der Waals surface area contributed by atoms with E-state index >= 15 is 0 Å². The van der Waals surface area contributed by atoms with E-state index in [0.29, 0.717) is 35.2 Å². The quantitative estimate of drug-likeness (QED) is 0.411. The SMILES string of the molecule is CC(C)NC(=O)N(C)C[C@@H]1Oc2ccc(NC(=O)Nc3ccc4c(c3)OCO4)cc2C(=O)N([C@@H](C)CO)C[C@H]1C. The lowest BCUT2D eigenvalue weighted by molar-refractivity contribution is 0.0366. The lowest BCUT2D eigenvalue weighted by atomic mass is 9.99. The Hall–Kier alpha value is -4.19. The van der Waals surface area contributed by atoms with Crippen molar-refractivity contribution in [3.8, 4) is 17.2 Å². The first-order valence-corrected chi connectivity index (χ1v) is 13.3. The minimum absolute atomic E-state index is 0.0157. The van der Waals surface area contributed by atoms with Crippen molar-refractivity contribution in [2.75, 3.05) is 44.2 Å². The molecule has 2 aromatic rings. The number of aliphatic hydroxyl groups excluding tert-OH is 1. The maximum atomic E-state index is 13.6. The van der Waals surface area contributed by atoms with Crippen LogP contribution in [0.15, 0.2) is 36.4 Å². The Morgan fingerprint density at radius 3 is 2.38 bits per heavy atom. The number of nitrogens with one attached hydrogen (secondary N) is 3. The maximum Gasteiger partial charge on any atom is 0.323 e. The van der Waals surface area contributed by atoms with Gasteiger partial charge in [-0.2, -0.15) is 0 Å². The Morgan fingerprint density at radius 2 is 1.70 bits per heavy atom. The molecule has 0 fully saturated rings. The number of anilines is 2. The number of fused-ring (bicyclic) bond motifs is 2. The number of hydrogen-bond acceptors (Lipinski definition) is 7. The summed E-state index contributed by atoms with van der Waals surface area (Å²) in [6.45, 7) is 8.00. The number of nitrogens with zero attached hydrogens (tertiary/aromatic N) is 2. The highest BCUT2D eigenvalue weighted by molar-refractivity contribution is 6.02. The van der Waals surface area contributed by atoms with Crippen LogP contribution in [0, 0.1) is 5.92 Å². The van der Waals surface area contributed by atoms with E-state index in [-0.39, 0.29) is 49.4 Å². The third-order valence-electron chi connectivity index (χ3n) is 6.77. The number of carbonyl (C=O) groups excluding carboxylic acids is 3. The first-order valence-electron chi connectivity index (χ1n) is 13.3. The zero-order valence-electron chi connectivity index (χ0n) is 23.4. The third kappa shape index (κ3) is 6.68. The zero-order valence-corrected chi connectivity index (χ0v) is 23.4. The van der Waals surface area contributed by atoms with Crippen LogP contribution < -0.4 is 30.2 Å². The van der Waals surface area contributed by atoms with E-state index < -0.39 is 18.2 Å². The summed E-state index contributed by atoms with van der Waals surface area (Å²) in [5, 5.41) is 18.2. The Balaban J connectivity index is 1.55. The molecule has 2 aliphatic heterocycles. The molecule has 4 rings (SSSR count). The second kappa shape index (κ2) is 12.3. The van der Waals surface area contributed by atoms with E-state index in [0.717, 1.165) is 0 Å². The van der Waals surface area contributed by atoms with Gasteiger partial charge in [0, 0.05) is 43.0 Å². The van der Waals surface area contributed by atoms with Crippen LogP contribution >= 0.6 is 0 Å². The van der Waals surface area contributed by atoms with Gasteiger partial charge in [-0.1, -0.05) is 6.92 Å². The lowest BCUT2D eigenvalue weighted by Gasteiger charge is -2.38. The monoisotopic (exact) mass is 555 g/mol. The van der Waals surface area contributed by atoms with Gasteiger partial charge in [-0.3, -0.25) is 4.79 Å². The first kappa shape index (κ1) is 28.8. The van der Waals surface area contributed by atoms with E-state index in [9.17, 15) is 19.5 Å². The predicted molar refractivity (Wildman–Crippen MR) is 149 cm³/mol. The fourth-order valence-corrected chi connectivity index (χ4v) is 4.50. The largest absolute Gasteiger partial charge is 0.487 e. The Bertz CT molecular complexity index is 1250. The normalized spacial score (nSPS) is 18.7. The molecule has 0 spiro atoms. The predicted octanol–water partition coefficient (Wildman–Crippen LogP) is 3.33. The van der Waals surface area contributed by atoms with Gasteiger partial charge in [-0.15, -0.1) is 0 Å². The molecule has 12 nitrogen and oxygen atoms in total. The number of carbonyl (C=O) groups is 3. The molecular formula is C28H37N5O7. The molecule has 3 atom stereocenters. The molecule has 0 radical (unpaired) electrons. The van der Waals surface area contributed by atoms with Crippen LogP contribution in [-0.2, 0) is 0 Å². The first-order chi connectivity index (χ1) is 19.0. The zero-order chi connectivity index (χ0) is 29.0. The van der Waals surface area contributed by atoms with Gasteiger partial charge in [-0.25, -0.2) is 9.59 Å². The van der Waals surface area contributed by atoms with E-state index in [1.54, 1.807) is 60.2 Å². The van der Waals surface area contributed by atoms with E-state index in [4.69, 9.17) is 14.2 Å². The summed E-state index contributed by atoms with van der Waals surface area (Å²) in [4.78, 5) is 42.1. The number of aliphatic hydroxyl groups is 1. The minimum Gasteiger partial charge on any atom is -0.487 e. The van der Waals surface area contributed by atoms with Crippen LogP contribution in [-0.4, -0.2) is 84.6 Å². The summed E-state index contributed by atoms with van der Waals surface area (Å²) >= 11 is 0. The van der Waals surface area contributed by atoms with Crippen LogP contribution in [0.25, 0.3) is 0 Å². The number of amides is 5. The maximum absolute atomic E-state index is 13.6. The molecule has 216 valence electrons. The van der Waals surface area contributed by atoms with Crippen molar-refractivity contribution in [2.45, 2.75) is 45.9 Å². The van der Waals surface area contributed by atoms with Gasteiger partial charge in [0.15, 0.2) is 11.5 Å². The highest BCUT2D eigenvalue weighted by Gasteiger charge is 2.34. The molecule has 2 aliphatic rings. The molecule has 40 heavy (non-hydrogen) atoms. The highest BCUT2D eigenvalue weighted by atomic mass is 16.7. The smallest absolute Gasteiger partial charge is 0.323 e. The van der Waals surface area contributed by atoms with Crippen molar-refractivity contribution < 1.29 is 33.7 Å². The van der Waals surface area contributed by atoms with Crippen molar-refractivity contribution >= 4 is 29.3 Å². The molecule has 0 aliphatic carbocycles. The molecule has 0 saturated carbocycles. The number of urea groups is 2. The molecule has 0 saturated heterocycles. The van der Waals surface area contributed by atoms with Crippen LogP contribution in [0.1, 0.15) is 38.1 Å². The van der Waals surface area contributed by atoms with Gasteiger partial charge in [0.2, 0.25) is 6.79 Å². The second-order valence-corrected chi connectivity index (χ2v) is 10.5. The summed E-state index contributed by atoms with van der Waals surface area (Å²) in [5.41, 5.74) is 1.13. The molecule has 0 unspecified atom stereocenters. The summed E-state index contributed by atoms with van der Waals surface area (Å²) in [6.07, 6.45) is -0.434. The van der Waals surface area contributed by atoms with Gasteiger partial charge < -0.3 is 45.1 Å². The van der Waals surface area contributed by atoms with Gasteiger partial charge in [0.1, 0.15) is 11.9 Å². The number of rotatable bonds is 7. The second-order valence-electron chi connectivity index (χ2n) is 10.5. The van der Waals surface area contributed by atoms with Crippen molar-refractivity contribution in [3.63, 3.8) is 0 Å². The van der Waals surface area contributed by atoms with Crippen molar-refractivity contribution in [1.82, 2.24) is 15.1 Å². The van der Waals surface area contributed by atoms with E-state index in [1.807, 2.05) is 20.8 Å². The fraction of sp³-hybridized carbons (Fsp3) is 0.464. The Morgan fingerprint density at radius 1 is 1.05 bits per heavy atom. The molecular weight excluding hydrogens is 518 g/mol. The topological polar surface area (TPSA) is 142 Å². The molecule has 0 bridgehead atoms. The van der Waals surface area contributed by atoms with E-state index in [1.165, 1.54) is 0 Å². The standard InChI is InChI=1S/C28H37N5O7/c1-16(2)29-28(37)32(5)13-25-17(3)12-33(18(4)14-34)26(35)21-10-19(6-8-22(21)40-25)30-27(36)31-20-7-9-23-24(11-20)39-15-38-23/h6-11,16-18,25,34H,12-15H2,1-5H3,(H,29,37)(H2,30,31,36)/t17-,18+,25+/m1/s1. The number of likely N-dealkylation sites (N-methyl/N-ethyl adjacent to an activating group) is 1. The summed E-state index contributed by atoms with van der Waals surface area (Å²) in [5.74, 6) is 0.998. The molecule has 12 heteroatoms. The summed E-state index contributed by atoms with van der Waals surface area (Å²) in [7, 11) is 1.69. The van der Waals surface area contributed by atoms with Crippen molar-refractivity contribution in [1.29, 1.82) is 0 Å². The van der Waals surface area contributed by atoms with Gasteiger partial charge in [0.05, 0.1) is 24.8 Å². The highest BCUT2D eigenvalue weighted by Crippen LogP contribution is 2.34. The van der Waals surface area contributed by atoms with Crippen LogP contribution in [0.5, 0.6) is 17.2 Å². The average molecular weight is 556 g/mol. The Labute approximate surface area is 233 Å². The Kier molecular flexibility index (Phi) is 8.88. The lowest BCUT2D eigenvalue weighted by Crippen LogP contribution is -2.51. The number of hydrogen-bond donors (Lipinski definition) is 4. The van der Waals surface area contributed by atoms with Crippen LogP contribution in [0.4, 0.5) is 21.0 Å². The average Bonchev–Trinajstić information content (AvgIpc) is 3.38. The molecule has 2 aromatic carbocycles.